The minimum absolute atomic E-state index is 0.0359. The van der Waals surface area contributed by atoms with E-state index in [1.54, 1.807) is 27.7 Å². The Morgan fingerprint density at radius 3 is 1.53 bits per heavy atom. The maximum absolute atomic E-state index is 14.1. The average Bonchev–Trinajstić information content (AvgIpc) is 3.87. The topological polar surface area (TPSA) is 449 Å². The van der Waals surface area contributed by atoms with Crippen LogP contribution in [0.2, 0.25) is 0 Å². The van der Waals surface area contributed by atoms with Crippen LogP contribution in [0.3, 0.4) is 0 Å². The van der Waals surface area contributed by atoms with E-state index in [9.17, 15) is 63.3 Å². The highest BCUT2D eigenvalue weighted by molar-refractivity contribution is 5.98. The number of aliphatic carboxylic acids is 1. The predicted molar refractivity (Wildman–Crippen MR) is 280 cm³/mol. The van der Waals surface area contributed by atoms with Gasteiger partial charge in [-0.3, -0.25) is 43.2 Å². The fourth-order valence-corrected chi connectivity index (χ4v) is 8.40. The van der Waals surface area contributed by atoms with Crippen molar-refractivity contribution < 1.29 is 63.3 Å². The number of aliphatic hydroxyl groups excluding tert-OH is 1. The molecule has 26 nitrogen and oxygen atoms in total. The second-order valence-electron chi connectivity index (χ2n) is 19.8. The van der Waals surface area contributed by atoms with Crippen molar-refractivity contribution in [1.82, 2.24) is 42.1 Å². The van der Waals surface area contributed by atoms with Crippen molar-refractivity contribution in [2.75, 3.05) is 32.8 Å². The Kier molecular flexibility index (Phi) is 29.6. The number of rotatable bonds is 36. The maximum Gasteiger partial charge on any atom is 0.326 e. The second kappa shape index (κ2) is 34.2. The Morgan fingerprint density at radius 2 is 1.04 bits per heavy atom. The Balaban J connectivity index is 2.31. The number of carbonyl (C=O) groups is 10. The van der Waals surface area contributed by atoms with Crippen molar-refractivity contribution in [2.45, 2.75) is 172 Å². The third-order valence-electron chi connectivity index (χ3n) is 12.9. The van der Waals surface area contributed by atoms with Crippen LogP contribution in [0.5, 0.6) is 5.75 Å². The molecule has 2 rings (SSSR count). The molecule has 0 spiro atoms. The zero-order valence-electron chi connectivity index (χ0n) is 44.4. The minimum Gasteiger partial charge on any atom is -0.508 e. The van der Waals surface area contributed by atoms with Gasteiger partial charge in [-0.15, -0.1) is 0 Å². The lowest BCUT2D eigenvalue weighted by Crippen LogP contribution is -2.62. The van der Waals surface area contributed by atoms with Crippen molar-refractivity contribution in [1.29, 1.82) is 0 Å². The van der Waals surface area contributed by atoms with Crippen molar-refractivity contribution in [2.24, 2.45) is 40.5 Å². The molecule has 1 aromatic rings. The van der Waals surface area contributed by atoms with Gasteiger partial charge in [0.15, 0.2) is 0 Å². The third-order valence-corrected chi connectivity index (χ3v) is 12.9. The highest BCUT2D eigenvalue weighted by Gasteiger charge is 2.39. The summed E-state index contributed by atoms with van der Waals surface area (Å²) in [5, 5.41) is 47.7. The van der Waals surface area contributed by atoms with Gasteiger partial charge >= 0.3 is 5.97 Å². The van der Waals surface area contributed by atoms with Gasteiger partial charge in [0.05, 0.1) is 12.6 Å². The molecule has 1 fully saturated rings. The molecule has 1 heterocycles. The molecule has 0 radical (unpaired) electrons. The highest BCUT2D eigenvalue weighted by Crippen LogP contribution is 2.21. The summed E-state index contributed by atoms with van der Waals surface area (Å²) in [6.45, 7) is 6.69. The number of nitrogens with zero attached hydrogens (tertiary/aromatic N) is 1. The molecule has 76 heavy (non-hydrogen) atoms. The number of carboxylic acid groups (broad SMARTS) is 1. The summed E-state index contributed by atoms with van der Waals surface area (Å²) in [6, 6.07) is -6.06. The third kappa shape index (κ3) is 22.4. The lowest BCUT2D eigenvalue weighted by molar-refractivity contribution is -0.142. The minimum atomic E-state index is -1.72. The number of benzene rings is 1. The quantitative estimate of drug-likeness (QED) is 0.0293. The number of carbonyl (C=O) groups excluding carboxylic acids is 9. The molecular formula is C50H85N13O13. The summed E-state index contributed by atoms with van der Waals surface area (Å²) in [5.41, 5.74) is 28.9. The standard InChI is InChI=1S/C50H85N13O13/c1-28(2)40(61-42(67)33(13-6-9-23-52)56-46(71)38-15-11-25-63(38)49(74)32(54)12-5-8-22-51)47(72)57-34(20-21-39(55)66)43(68)62-41(29(3)4)48(73)60-37(27-64)45(70)59-36(26-30-16-18-31(65)19-17-30)44(69)58-35(50(75)76)14-7-10-24-53/h16-19,28-29,32-38,40-41,64-65H,5-15,20-27,51-54H2,1-4H3,(H2,55,66)(H,56,71)(H,57,72)(H,58,69)(H,59,70)(H,60,73)(H,61,67)(H,62,68)(H,75,76)/t32-,33-,34-,35-,36-,37-,38-,40-,41-/m0/s1. The predicted octanol–water partition coefficient (Wildman–Crippen LogP) is -3.31. The van der Waals surface area contributed by atoms with Crippen LogP contribution in [0.1, 0.15) is 117 Å². The smallest absolute Gasteiger partial charge is 0.326 e. The van der Waals surface area contributed by atoms with Gasteiger partial charge in [-0.05, 0) is 120 Å². The van der Waals surface area contributed by atoms with E-state index >= 15 is 0 Å². The van der Waals surface area contributed by atoms with Crippen molar-refractivity contribution in [3.05, 3.63) is 29.8 Å². The number of unbranched alkanes of at least 4 members (excludes halogenated alkanes) is 3. The Hall–Kier alpha value is -6.48. The van der Waals surface area contributed by atoms with Gasteiger partial charge in [0, 0.05) is 19.4 Å². The number of carboxylic acids is 1. The first kappa shape index (κ1) is 65.6. The number of aromatic hydroxyl groups is 1. The molecule has 1 aromatic carbocycles. The number of hydrogen-bond donors (Lipinski definition) is 15. The number of primary amides is 1. The van der Waals surface area contributed by atoms with Crippen LogP contribution in [0.25, 0.3) is 0 Å². The number of phenolic OH excluding ortho intramolecular Hbond substituents is 1. The number of nitrogens with two attached hydrogens (primary N) is 5. The van der Waals surface area contributed by atoms with Gasteiger partial charge in [0.1, 0.15) is 54.1 Å². The molecule has 0 aromatic heterocycles. The van der Waals surface area contributed by atoms with Gasteiger partial charge in [0.25, 0.3) is 0 Å². The lowest BCUT2D eigenvalue weighted by Gasteiger charge is -2.30. The van der Waals surface area contributed by atoms with Crippen LogP contribution in [0, 0.1) is 11.8 Å². The van der Waals surface area contributed by atoms with Crippen LogP contribution in [-0.2, 0) is 54.4 Å². The van der Waals surface area contributed by atoms with Gasteiger partial charge in [-0.2, -0.15) is 0 Å². The normalized spacial score (nSPS) is 16.5. The first-order valence-electron chi connectivity index (χ1n) is 26.2. The number of phenols is 1. The lowest BCUT2D eigenvalue weighted by atomic mass is 9.99. The number of nitrogens with one attached hydrogen (secondary N) is 7. The number of aliphatic hydroxyl groups is 1. The van der Waals surface area contributed by atoms with Crippen LogP contribution in [0.4, 0.5) is 0 Å². The highest BCUT2D eigenvalue weighted by atomic mass is 16.4. The van der Waals surface area contributed by atoms with Gasteiger partial charge < -0.3 is 86.1 Å². The average molecular weight is 1080 g/mol. The van der Waals surface area contributed by atoms with Gasteiger partial charge in [0.2, 0.25) is 53.2 Å². The number of likely N-dealkylation sites (tertiary alicyclic amines) is 1. The fraction of sp³-hybridized carbons (Fsp3) is 0.680. The van der Waals surface area contributed by atoms with E-state index in [2.05, 4.69) is 37.2 Å². The van der Waals surface area contributed by atoms with Crippen LogP contribution in [0.15, 0.2) is 24.3 Å². The Morgan fingerprint density at radius 1 is 0.592 bits per heavy atom. The van der Waals surface area contributed by atoms with Crippen molar-refractivity contribution in [3.63, 3.8) is 0 Å². The van der Waals surface area contributed by atoms with Gasteiger partial charge in [-0.1, -0.05) is 46.2 Å². The SMILES string of the molecule is CC(C)[C@H](NC(=O)[C@H](CCC(N)=O)NC(=O)[C@@H](NC(=O)[C@H](CCCCN)NC(=O)[C@@H]1CCCN1C(=O)[C@@H](N)CCCCN)C(C)C)C(=O)N[C@@H](CO)C(=O)N[C@@H](Cc1ccc(O)cc1)C(=O)N[C@@H](CCCCN)C(=O)O. The zero-order valence-corrected chi connectivity index (χ0v) is 44.4. The van der Waals surface area contributed by atoms with E-state index < -0.39 is 132 Å². The summed E-state index contributed by atoms with van der Waals surface area (Å²) in [6.07, 6.45) is 3.57. The maximum atomic E-state index is 14.1. The monoisotopic (exact) mass is 1080 g/mol. The molecule has 9 amide bonds. The van der Waals surface area contributed by atoms with E-state index in [1.807, 2.05) is 0 Å². The molecule has 0 aliphatic carbocycles. The molecule has 0 saturated carbocycles. The second-order valence-corrected chi connectivity index (χ2v) is 19.8. The fourth-order valence-electron chi connectivity index (χ4n) is 8.40. The largest absolute Gasteiger partial charge is 0.508 e. The van der Waals surface area contributed by atoms with E-state index in [0.717, 1.165) is 0 Å². The molecular weight excluding hydrogens is 991 g/mol. The molecule has 0 bridgehead atoms. The van der Waals surface area contributed by atoms with E-state index in [-0.39, 0.29) is 37.3 Å². The Labute approximate surface area is 444 Å². The summed E-state index contributed by atoms with van der Waals surface area (Å²) in [4.78, 5) is 136. The Bertz CT molecular complexity index is 2080. The summed E-state index contributed by atoms with van der Waals surface area (Å²) in [5.74, 6) is -10.0. The number of amides is 9. The van der Waals surface area contributed by atoms with Gasteiger partial charge in [-0.25, -0.2) is 4.79 Å². The van der Waals surface area contributed by atoms with Crippen LogP contribution in [-0.4, -0.2) is 167 Å². The van der Waals surface area contributed by atoms with E-state index in [1.165, 1.54) is 29.2 Å². The van der Waals surface area contributed by atoms with Crippen LogP contribution < -0.4 is 65.9 Å². The molecule has 1 saturated heterocycles. The van der Waals surface area contributed by atoms with E-state index in [0.29, 0.717) is 89.5 Å². The molecule has 1 aliphatic heterocycles. The molecule has 9 atom stereocenters. The van der Waals surface area contributed by atoms with E-state index in [4.69, 9.17) is 28.7 Å². The molecule has 0 unspecified atom stereocenters. The molecule has 20 N–H and O–H groups in total. The zero-order chi connectivity index (χ0) is 57.1. The van der Waals surface area contributed by atoms with Crippen LogP contribution >= 0.6 is 0 Å². The number of hydrogen-bond acceptors (Lipinski definition) is 16. The molecule has 1 aliphatic rings. The van der Waals surface area contributed by atoms with Crippen molar-refractivity contribution in [3.8, 4) is 5.75 Å². The first-order chi connectivity index (χ1) is 36.0. The molecule has 428 valence electrons. The summed E-state index contributed by atoms with van der Waals surface area (Å²) >= 11 is 0. The summed E-state index contributed by atoms with van der Waals surface area (Å²) < 4.78 is 0. The summed E-state index contributed by atoms with van der Waals surface area (Å²) in [7, 11) is 0. The van der Waals surface area contributed by atoms with Crippen molar-refractivity contribution >= 4 is 59.1 Å². The molecule has 26 heteroatoms. The first-order valence-corrected chi connectivity index (χ1v) is 26.2.